The average molecular weight is 1140 g/mol. The summed E-state index contributed by atoms with van der Waals surface area (Å²) in [5, 5.41) is 22.2. The van der Waals surface area contributed by atoms with Gasteiger partial charge >= 0.3 is 12.1 Å². The Morgan fingerprint density at radius 3 is 2.11 bits per heavy atom. The van der Waals surface area contributed by atoms with Crippen LogP contribution < -0.4 is 43.4 Å². The number of carbonyl (C=O) groups is 5. The molecule has 1 unspecified atom stereocenters. The number of hydrogen-bond donors (Lipinski definition) is 7. The fourth-order valence-corrected chi connectivity index (χ4v) is 8.93. The zero-order chi connectivity index (χ0) is 58.3. The molecule has 0 spiro atoms. The van der Waals surface area contributed by atoms with Crippen LogP contribution in [-0.2, 0) is 54.7 Å². The predicted octanol–water partition coefficient (Wildman–Crippen LogP) is 2.30. The highest BCUT2D eigenvalue weighted by atomic mass is 19.1. The minimum absolute atomic E-state index is 0.0276. The number of amides is 6. The van der Waals surface area contributed by atoms with Gasteiger partial charge in [-0.05, 0) is 48.6 Å². The van der Waals surface area contributed by atoms with E-state index in [0.717, 1.165) is 6.07 Å². The first-order valence-corrected chi connectivity index (χ1v) is 26.2. The summed E-state index contributed by atoms with van der Waals surface area (Å²) >= 11 is 0. The Hall–Kier alpha value is -7.73. The molecule has 0 fully saturated rings. The Morgan fingerprint density at radius 1 is 0.827 bits per heavy atom. The Morgan fingerprint density at radius 2 is 1.49 bits per heavy atom. The lowest BCUT2D eigenvalue weighted by Crippen LogP contribution is -2.56. The molecular formula is C53H71F2N13O13. The number of ether oxygens (including phenoxy) is 6. The summed E-state index contributed by atoms with van der Waals surface area (Å²) in [7, 11) is 3.08. The number of halogens is 2. The summed E-state index contributed by atoms with van der Waals surface area (Å²) < 4.78 is 65.3. The van der Waals surface area contributed by atoms with Gasteiger partial charge in [0, 0.05) is 44.6 Å². The van der Waals surface area contributed by atoms with Crippen LogP contribution in [0.15, 0.2) is 77.9 Å². The molecule has 1 aliphatic heterocycles. The number of hydrogen-bond acceptors (Lipinski definition) is 18. The number of benzene rings is 3. The Balaban J connectivity index is 1.20. The van der Waals surface area contributed by atoms with Crippen LogP contribution in [0, 0.1) is 17.6 Å². The van der Waals surface area contributed by atoms with Gasteiger partial charge in [-0.3, -0.25) is 28.8 Å². The molecule has 26 nitrogen and oxygen atoms in total. The third-order valence-electron chi connectivity index (χ3n) is 12.9. The standard InChI is InChI=1S/C53H71F2N13O13/c1-33(2)44(62-41(69)16-19-76-21-22-77-23-24-78-25-26-79-27-28-80-57)50(72)61-39(11-8-17-58-52(56)73)49(71)63-51(35-9-6-5-7-10-35)81-53(74)67(18-20-75-4)32-68-40-30-37(55)29-38-42(40)45(64-65-48(38)70)43(47-59-31-60-66(47)3)46(68)34-12-14-36(54)15-13-34/h5-7,9-10,12-15,29-31,33,39,43-44,46,51H,8,11,16-28,32,57H2,1-4H3,(H,61,72)(H,62,69)(H,63,71)(H,65,70)(H3,56,58,73)/t39-,43-,44-,46+,51?/m0/s1. The second-order valence-corrected chi connectivity index (χ2v) is 18.9. The van der Waals surface area contributed by atoms with E-state index in [9.17, 15) is 33.2 Å². The van der Waals surface area contributed by atoms with E-state index in [0.29, 0.717) is 55.7 Å². The van der Waals surface area contributed by atoms with Crippen molar-refractivity contribution in [2.75, 3.05) is 97.8 Å². The molecule has 5 aromatic rings. The summed E-state index contributed by atoms with van der Waals surface area (Å²) in [6.07, 6.45) is -1.18. The number of primary amides is 1. The molecule has 5 atom stereocenters. The first kappa shape index (κ1) is 62.5. The van der Waals surface area contributed by atoms with E-state index in [1.54, 1.807) is 56.1 Å². The highest BCUT2D eigenvalue weighted by Crippen LogP contribution is 2.50. The lowest BCUT2D eigenvalue weighted by atomic mass is 9.82. The minimum atomic E-state index is -1.52. The summed E-state index contributed by atoms with van der Waals surface area (Å²) in [5.74, 6) is 0.684. The van der Waals surface area contributed by atoms with Crippen molar-refractivity contribution in [1.29, 1.82) is 0 Å². The van der Waals surface area contributed by atoms with Crippen molar-refractivity contribution in [3.63, 3.8) is 0 Å². The number of nitrogens with two attached hydrogens (primary N) is 2. The van der Waals surface area contributed by atoms with Crippen LogP contribution in [0.5, 0.6) is 0 Å². The number of carbonyl (C=O) groups excluding carboxylic acids is 5. The SMILES string of the molecule is COCCN(CN1c2cc(F)cc3c(=O)[nH]nc(c23)[C@H](c2ncnn2C)[C@H]1c1ccc(F)cc1)C(=O)OC(NC(=O)[C@H](CCCNC(N)=O)NC(=O)[C@@H](NC(=O)CCOCCOCCOCCOCCON)C(C)C)c1ccccc1. The van der Waals surface area contributed by atoms with E-state index in [-0.39, 0.29) is 88.5 Å². The monoisotopic (exact) mass is 1140 g/mol. The van der Waals surface area contributed by atoms with E-state index < -0.39 is 83.2 Å². The van der Waals surface area contributed by atoms with Crippen LogP contribution >= 0.6 is 0 Å². The van der Waals surface area contributed by atoms with Crippen molar-refractivity contribution in [2.24, 2.45) is 24.6 Å². The van der Waals surface area contributed by atoms with Crippen molar-refractivity contribution in [3.8, 4) is 0 Å². The molecule has 6 rings (SSSR count). The zero-order valence-corrected chi connectivity index (χ0v) is 45.6. The molecule has 0 radical (unpaired) electrons. The quantitative estimate of drug-likeness (QED) is 0.0177. The lowest BCUT2D eigenvalue weighted by Gasteiger charge is -2.44. The van der Waals surface area contributed by atoms with Crippen molar-refractivity contribution in [1.82, 2.24) is 51.1 Å². The number of aryl methyl sites for hydroxylation is 1. The topological polar surface area (TPSA) is 333 Å². The number of methoxy groups -OCH3 is 1. The van der Waals surface area contributed by atoms with Gasteiger partial charge in [-0.25, -0.2) is 34.3 Å². The summed E-state index contributed by atoms with van der Waals surface area (Å²) in [6, 6.07) is 11.9. The van der Waals surface area contributed by atoms with Crippen molar-refractivity contribution < 1.29 is 66.0 Å². The smallest absolute Gasteiger partial charge is 0.413 e. The Kier molecular flexibility index (Phi) is 24.6. The average Bonchev–Trinajstić information content (AvgIpc) is 2.67. The van der Waals surface area contributed by atoms with E-state index in [1.807, 2.05) is 0 Å². The number of anilines is 1. The molecule has 440 valence electrons. The number of nitrogens with one attached hydrogen (secondary N) is 5. The van der Waals surface area contributed by atoms with E-state index >= 15 is 4.39 Å². The zero-order valence-electron chi connectivity index (χ0n) is 45.6. The Bertz CT molecular complexity index is 2890. The molecule has 2 aromatic heterocycles. The van der Waals surface area contributed by atoms with Crippen LogP contribution in [0.25, 0.3) is 10.8 Å². The van der Waals surface area contributed by atoms with Gasteiger partial charge in [-0.15, -0.1) is 0 Å². The molecule has 28 heteroatoms. The lowest BCUT2D eigenvalue weighted by molar-refractivity contribution is -0.134. The fourth-order valence-electron chi connectivity index (χ4n) is 8.93. The molecule has 0 saturated heterocycles. The molecule has 0 aliphatic carbocycles. The van der Waals surface area contributed by atoms with Gasteiger partial charge in [0.2, 0.25) is 23.9 Å². The van der Waals surface area contributed by atoms with Crippen molar-refractivity contribution in [3.05, 3.63) is 118 Å². The molecule has 3 heterocycles. The third kappa shape index (κ3) is 18.1. The molecule has 3 aromatic carbocycles. The van der Waals surface area contributed by atoms with Gasteiger partial charge in [0.1, 0.15) is 35.9 Å². The number of rotatable bonds is 34. The van der Waals surface area contributed by atoms with E-state index in [2.05, 4.69) is 46.4 Å². The van der Waals surface area contributed by atoms with E-state index in [1.165, 1.54) is 53.4 Å². The fraction of sp³-hybridized carbons (Fsp3) is 0.491. The van der Waals surface area contributed by atoms with Gasteiger partial charge in [-0.1, -0.05) is 56.3 Å². The van der Waals surface area contributed by atoms with Gasteiger partial charge in [0.15, 0.2) is 0 Å². The predicted molar refractivity (Wildman–Crippen MR) is 288 cm³/mol. The Labute approximate surface area is 465 Å². The molecule has 6 amide bonds. The number of urea groups is 1. The number of H-pyrrole nitrogens is 1. The van der Waals surface area contributed by atoms with Gasteiger partial charge in [0.25, 0.3) is 5.56 Å². The van der Waals surface area contributed by atoms with Crippen LogP contribution in [-0.4, -0.2) is 165 Å². The second-order valence-electron chi connectivity index (χ2n) is 18.9. The summed E-state index contributed by atoms with van der Waals surface area (Å²) in [5.41, 5.74) is 5.90. The molecule has 0 saturated carbocycles. The maximum atomic E-state index is 15.8. The molecule has 0 bridgehead atoms. The second kappa shape index (κ2) is 31.9. The minimum Gasteiger partial charge on any atom is -0.421 e. The first-order chi connectivity index (χ1) is 39.1. The molecule has 1 aliphatic rings. The maximum absolute atomic E-state index is 15.8. The first-order valence-electron chi connectivity index (χ1n) is 26.2. The van der Waals surface area contributed by atoms with Crippen molar-refractivity contribution in [2.45, 2.75) is 63.4 Å². The number of aromatic nitrogens is 5. The number of nitrogens with zero attached hydrogens (tertiary/aromatic N) is 6. The molecule has 9 N–H and O–H groups in total. The molecular weight excluding hydrogens is 1060 g/mol. The highest BCUT2D eigenvalue weighted by molar-refractivity contribution is 5.98. The molecule has 81 heavy (non-hydrogen) atoms. The normalized spacial score (nSPS) is 15.0. The van der Waals surface area contributed by atoms with Crippen LogP contribution in [0.4, 0.5) is 24.1 Å². The highest BCUT2D eigenvalue weighted by Gasteiger charge is 2.44. The maximum Gasteiger partial charge on any atom is 0.413 e. The van der Waals surface area contributed by atoms with Crippen LogP contribution in [0.3, 0.4) is 0 Å². The van der Waals surface area contributed by atoms with Crippen LogP contribution in [0.1, 0.15) is 73.9 Å². The van der Waals surface area contributed by atoms with Gasteiger partial charge in [-0.2, -0.15) is 10.2 Å². The summed E-state index contributed by atoms with van der Waals surface area (Å²) in [4.78, 5) is 93.6. The van der Waals surface area contributed by atoms with Crippen LogP contribution in [0.2, 0.25) is 0 Å². The van der Waals surface area contributed by atoms with E-state index in [4.69, 9.17) is 40.1 Å². The number of aromatic amines is 1. The summed E-state index contributed by atoms with van der Waals surface area (Å²) in [6.45, 7) is 5.46. The third-order valence-corrected chi connectivity index (χ3v) is 12.9. The van der Waals surface area contributed by atoms with Gasteiger partial charge in [0.05, 0.1) is 101 Å². The van der Waals surface area contributed by atoms with Gasteiger partial charge < -0.3 is 65.2 Å². The largest absolute Gasteiger partial charge is 0.421 e. The van der Waals surface area contributed by atoms with Crippen molar-refractivity contribution >= 4 is 46.3 Å².